The van der Waals surface area contributed by atoms with Crippen molar-refractivity contribution in [2.75, 3.05) is 4.90 Å². The van der Waals surface area contributed by atoms with Crippen molar-refractivity contribution < 1.29 is 8.83 Å². The molecule has 212 valence electrons. The van der Waals surface area contributed by atoms with Crippen LogP contribution in [0, 0.1) is 0 Å². The fraction of sp³-hybridized carbons (Fsp3) is 0. The van der Waals surface area contributed by atoms with E-state index in [1.807, 2.05) is 42.5 Å². The monoisotopic (exact) mass is 578 g/mol. The van der Waals surface area contributed by atoms with Crippen LogP contribution in [0.25, 0.3) is 66.4 Å². The molecule has 45 heavy (non-hydrogen) atoms. The molecule has 0 bridgehead atoms. The number of oxazole rings is 1. The third-order valence-corrected chi connectivity index (χ3v) is 8.48. The van der Waals surface area contributed by atoms with Crippen molar-refractivity contribution in [2.45, 2.75) is 0 Å². The van der Waals surface area contributed by atoms with Gasteiger partial charge in [-0.1, -0.05) is 84.9 Å². The maximum absolute atomic E-state index is 6.35. The van der Waals surface area contributed by atoms with E-state index in [4.69, 9.17) is 13.8 Å². The van der Waals surface area contributed by atoms with E-state index in [1.54, 1.807) is 0 Å². The zero-order valence-electron chi connectivity index (χ0n) is 24.2. The predicted octanol–water partition coefficient (Wildman–Crippen LogP) is 11.7. The lowest BCUT2D eigenvalue weighted by atomic mass is 10.0. The Morgan fingerprint density at radius 3 is 1.96 bits per heavy atom. The van der Waals surface area contributed by atoms with Gasteiger partial charge in [-0.3, -0.25) is 0 Å². The summed E-state index contributed by atoms with van der Waals surface area (Å²) in [6, 6.07) is 54.6. The molecule has 0 radical (unpaired) electrons. The lowest BCUT2D eigenvalue weighted by molar-refractivity contribution is 0.622. The van der Waals surface area contributed by atoms with E-state index in [2.05, 4.69) is 120 Å². The Morgan fingerprint density at radius 1 is 0.444 bits per heavy atom. The van der Waals surface area contributed by atoms with Crippen LogP contribution in [0.2, 0.25) is 0 Å². The normalized spacial score (nSPS) is 11.6. The number of para-hydroxylation sites is 1. The maximum Gasteiger partial charge on any atom is 0.227 e. The molecule has 2 aromatic heterocycles. The highest BCUT2D eigenvalue weighted by Crippen LogP contribution is 2.40. The molecule has 0 spiro atoms. The van der Waals surface area contributed by atoms with Crippen molar-refractivity contribution >= 4 is 60.9 Å². The first kappa shape index (κ1) is 25.4. The van der Waals surface area contributed by atoms with E-state index >= 15 is 0 Å². The van der Waals surface area contributed by atoms with Crippen LogP contribution in [-0.2, 0) is 0 Å². The Morgan fingerprint density at radius 2 is 1.13 bits per heavy atom. The minimum atomic E-state index is 0.609. The van der Waals surface area contributed by atoms with Crippen molar-refractivity contribution in [1.82, 2.24) is 4.98 Å². The topological polar surface area (TPSA) is 42.4 Å². The quantitative estimate of drug-likeness (QED) is 0.204. The first-order chi connectivity index (χ1) is 22.3. The zero-order valence-corrected chi connectivity index (χ0v) is 24.2. The largest absolute Gasteiger partial charge is 0.456 e. The summed E-state index contributed by atoms with van der Waals surface area (Å²) in [6.45, 7) is 0. The van der Waals surface area contributed by atoms with E-state index in [1.165, 1.54) is 10.8 Å². The van der Waals surface area contributed by atoms with Crippen molar-refractivity contribution in [1.29, 1.82) is 0 Å². The molecule has 0 fully saturated rings. The lowest BCUT2D eigenvalue weighted by Gasteiger charge is -2.26. The highest BCUT2D eigenvalue weighted by atomic mass is 16.4. The molecule has 0 amide bonds. The van der Waals surface area contributed by atoms with Crippen LogP contribution in [0.5, 0.6) is 0 Å². The third-order valence-electron chi connectivity index (χ3n) is 8.48. The average Bonchev–Trinajstić information content (AvgIpc) is 3.71. The van der Waals surface area contributed by atoms with Crippen LogP contribution in [0.1, 0.15) is 0 Å². The van der Waals surface area contributed by atoms with Gasteiger partial charge in [0.25, 0.3) is 0 Å². The molecular weight excluding hydrogens is 552 g/mol. The Hall–Kier alpha value is -6.13. The standard InChI is InChI=1S/C41H26N2O2/c1-3-10-29(11-4-1)41-42-36-23-24-37-39(40(36)45-41)35-22-18-31(26-38(35)44-37)28-15-19-33(20-16-28)43(32-13-5-2-6-14-32)34-21-17-27-9-7-8-12-30(27)25-34/h1-26H. The van der Waals surface area contributed by atoms with Crippen LogP contribution >= 0.6 is 0 Å². The molecule has 0 unspecified atom stereocenters. The highest BCUT2D eigenvalue weighted by Gasteiger charge is 2.18. The number of hydrogen-bond donors (Lipinski definition) is 0. The smallest absolute Gasteiger partial charge is 0.227 e. The van der Waals surface area contributed by atoms with Gasteiger partial charge in [-0.2, -0.15) is 0 Å². The van der Waals surface area contributed by atoms with E-state index in [0.29, 0.717) is 5.89 Å². The van der Waals surface area contributed by atoms with Gasteiger partial charge in [0.2, 0.25) is 5.89 Å². The number of aromatic nitrogens is 1. The van der Waals surface area contributed by atoms with Crippen molar-refractivity contribution in [3.8, 4) is 22.6 Å². The maximum atomic E-state index is 6.35. The Balaban J connectivity index is 1.10. The van der Waals surface area contributed by atoms with Gasteiger partial charge in [-0.15, -0.1) is 0 Å². The molecule has 0 aliphatic heterocycles. The summed E-state index contributed by atoms with van der Waals surface area (Å²) >= 11 is 0. The molecule has 0 aliphatic rings. The summed E-state index contributed by atoms with van der Waals surface area (Å²) in [5.41, 5.74) is 9.64. The minimum absolute atomic E-state index is 0.609. The van der Waals surface area contributed by atoms with E-state index < -0.39 is 0 Å². The fourth-order valence-corrected chi connectivity index (χ4v) is 6.27. The van der Waals surface area contributed by atoms with Crippen molar-refractivity contribution in [2.24, 2.45) is 0 Å². The molecule has 0 N–H and O–H groups in total. The number of furan rings is 1. The van der Waals surface area contributed by atoms with Crippen LogP contribution in [0.4, 0.5) is 17.1 Å². The molecule has 4 nitrogen and oxygen atoms in total. The summed E-state index contributed by atoms with van der Waals surface area (Å²) < 4.78 is 12.7. The first-order valence-electron chi connectivity index (χ1n) is 15.0. The van der Waals surface area contributed by atoms with Gasteiger partial charge < -0.3 is 13.7 Å². The van der Waals surface area contributed by atoms with Gasteiger partial charge in [0.05, 0.1) is 5.39 Å². The fourth-order valence-electron chi connectivity index (χ4n) is 6.27. The van der Waals surface area contributed by atoms with Crippen molar-refractivity contribution in [3.05, 3.63) is 158 Å². The van der Waals surface area contributed by atoms with Crippen LogP contribution in [-0.4, -0.2) is 4.98 Å². The number of nitrogens with zero attached hydrogens (tertiary/aromatic N) is 2. The second-order valence-corrected chi connectivity index (χ2v) is 11.2. The van der Waals surface area contributed by atoms with E-state index in [0.717, 1.165) is 66.8 Å². The van der Waals surface area contributed by atoms with Gasteiger partial charge in [0.15, 0.2) is 5.58 Å². The summed E-state index contributed by atoms with van der Waals surface area (Å²) in [5, 5.41) is 4.41. The Labute approximate surface area is 259 Å². The molecular formula is C41H26N2O2. The van der Waals surface area contributed by atoms with E-state index in [-0.39, 0.29) is 0 Å². The van der Waals surface area contributed by atoms with Gasteiger partial charge >= 0.3 is 0 Å². The lowest BCUT2D eigenvalue weighted by Crippen LogP contribution is -2.09. The summed E-state index contributed by atoms with van der Waals surface area (Å²) in [7, 11) is 0. The third kappa shape index (κ3) is 4.35. The zero-order chi connectivity index (χ0) is 29.7. The summed E-state index contributed by atoms with van der Waals surface area (Å²) in [6.07, 6.45) is 0. The van der Waals surface area contributed by atoms with Gasteiger partial charge in [0, 0.05) is 28.0 Å². The van der Waals surface area contributed by atoms with Gasteiger partial charge in [-0.25, -0.2) is 4.98 Å². The number of hydrogen-bond acceptors (Lipinski definition) is 4. The second-order valence-electron chi connectivity index (χ2n) is 11.2. The predicted molar refractivity (Wildman–Crippen MR) is 184 cm³/mol. The van der Waals surface area contributed by atoms with Crippen LogP contribution in [0.3, 0.4) is 0 Å². The first-order valence-corrected chi connectivity index (χ1v) is 15.0. The molecule has 9 rings (SSSR count). The molecule has 9 aromatic rings. The molecule has 0 saturated carbocycles. The second kappa shape index (κ2) is 10.2. The molecule has 2 heterocycles. The van der Waals surface area contributed by atoms with Crippen molar-refractivity contribution in [3.63, 3.8) is 0 Å². The molecule has 0 atom stereocenters. The number of anilines is 3. The minimum Gasteiger partial charge on any atom is -0.456 e. The summed E-state index contributed by atoms with van der Waals surface area (Å²) in [4.78, 5) is 7.05. The van der Waals surface area contributed by atoms with Gasteiger partial charge in [0.1, 0.15) is 16.7 Å². The number of fused-ring (bicyclic) bond motifs is 6. The highest BCUT2D eigenvalue weighted by molar-refractivity contribution is 6.16. The summed E-state index contributed by atoms with van der Waals surface area (Å²) in [5.74, 6) is 0.609. The Kier molecular flexibility index (Phi) is 5.78. The molecule has 0 aliphatic carbocycles. The molecule has 7 aromatic carbocycles. The SMILES string of the molecule is c1ccc(-c2nc3ccc4oc5cc(-c6ccc(N(c7ccccc7)c7ccc8ccccc8c7)cc6)ccc5c4c3o2)cc1. The Bertz CT molecular complexity index is 2480. The van der Waals surface area contributed by atoms with E-state index in [9.17, 15) is 0 Å². The number of benzene rings is 7. The average molecular weight is 579 g/mol. The van der Waals surface area contributed by atoms with Gasteiger partial charge in [-0.05, 0) is 94.7 Å². The van der Waals surface area contributed by atoms with Crippen LogP contribution in [0.15, 0.2) is 167 Å². The van der Waals surface area contributed by atoms with Crippen LogP contribution < -0.4 is 4.90 Å². The molecule has 4 heteroatoms. The molecule has 0 saturated heterocycles. The number of rotatable bonds is 5.